The maximum absolute atomic E-state index is 10.3. The normalized spacial score (nSPS) is 14.0. The van der Waals surface area contributed by atoms with Crippen molar-refractivity contribution in [3.05, 3.63) is 24.3 Å². The predicted molar refractivity (Wildman–Crippen MR) is 49.1 cm³/mol. The third-order valence-electron chi connectivity index (χ3n) is 1.54. The van der Waals surface area contributed by atoms with Gasteiger partial charge in [-0.25, -0.2) is 4.79 Å². The Morgan fingerprint density at radius 2 is 2.33 bits per heavy atom. The number of rotatable bonds is 5. The molecule has 0 aromatic rings. The number of carboxylic acids is 1. The van der Waals surface area contributed by atoms with Gasteiger partial charge in [0.15, 0.2) is 0 Å². The molecule has 12 heavy (non-hydrogen) atoms. The van der Waals surface area contributed by atoms with Crippen molar-refractivity contribution in [1.29, 1.82) is 0 Å². The lowest BCUT2D eigenvalue weighted by Gasteiger charge is -2.05. The third kappa shape index (κ3) is 4.68. The van der Waals surface area contributed by atoms with Gasteiger partial charge in [0.25, 0.3) is 0 Å². The molecule has 0 saturated heterocycles. The minimum absolute atomic E-state index is 0.211. The Morgan fingerprint density at radius 1 is 1.75 bits per heavy atom. The highest BCUT2D eigenvalue weighted by Gasteiger charge is 1.98. The fourth-order valence-electron chi connectivity index (χ4n) is 0.569. The maximum atomic E-state index is 10.3. The quantitative estimate of drug-likeness (QED) is 0.480. The van der Waals surface area contributed by atoms with Crippen LogP contribution in [0.5, 0.6) is 0 Å². The van der Waals surface area contributed by atoms with Crippen LogP contribution in [-0.4, -0.2) is 23.7 Å². The summed E-state index contributed by atoms with van der Waals surface area (Å²) in [5, 5.41) is 11.5. The minimum Gasteiger partial charge on any atom is -0.478 e. The van der Waals surface area contributed by atoms with Crippen LogP contribution in [0.2, 0.25) is 0 Å². The molecule has 2 N–H and O–H groups in total. The van der Waals surface area contributed by atoms with E-state index in [2.05, 4.69) is 11.9 Å². The molecule has 1 unspecified atom stereocenters. The molecule has 0 bridgehead atoms. The molecule has 0 aliphatic heterocycles. The first-order valence-electron chi connectivity index (χ1n) is 3.84. The number of nitrogens with one attached hydrogen (secondary N) is 1. The van der Waals surface area contributed by atoms with Gasteiger partial charge in [0.2, 0.25) is 0 Å². The molecular formula is C9H15NO2. The summed E-state index contributed by atoms with van der Waals surface area (Å²) in [5.74, 6) is -0.872. The highest BCUT2D eigenvalue weighted by Crippen LogP contribution is 1.90. The molecule has 0 spiro atoms. The SMILES string of the molecule is C=CC(C)NC/C=C(/C)C(=O)O. The van der Waals surface area contributed by atoms with Gasteiger partial charge in [0.05, 0.1) is 0 Å². The molecule has 0 heterocycles. The highest BCUT2D eigenvalue weighted by atomic mass is 16.4. The van der Waals surface area contributed by atoms with Crippen molar-refractivity contribution in [1.82, 2.24) is 5.32 Å². The standard InChI is InChI=1S/C9H15NO2/c1-4-8(3)10-6-5-7(2)9(11)12/h4-5,8,10H,1,6H2,2-3H3,(H,11,12)/b7-5-. The first kappa shape index (κ1) is 10.9. The lowest BCUT2D eigenvalue weighted by molar-refractivity contribution is -0.132. The van der Waals surface area contributed by atoms with Crippen LogP contribution in [0.1, 0.15) is 13.8 Å². The summed E-state index contributed by atoms with van der Waals surface area (Å²) in [5.41, 5.74) is 0.360. The van der Waals surface area contributed by atoms with Crippen LogP contribution >= 0.6 is 0 Å². The molecule has 0 rings (SSSR count). The molecule has 3 heteroatoms. The van der Waals surface area contributed by atoms with E-state index in [0.717, 1.165) is 0 Å². The molecule has 0 aromatic heterocycles. The van der Waals surface area contributed by atoms with Gasteiger partial charge in [-0.05, 0) is 13.8 Å². The van der Waals surface area contributed by atoms with Crippen molar-refractivity contribution < 1.29 is 9.90 Å². The van der Waals surface area contributed by atoms with E-state index in [1.54, 1.807) is 19.1 Å². The number of carboxylic acid groups (broad SMARTS) is 1. The zero-order chi connectivity index (χ0) is 9.56. The lowest BCUT2D eigenvalue weighted by Crippen LogP contribution is -2.23. The Balaban J connectivity index is 3.74. The van der Waals surface area contributed by atoms with E-state index in [4.69, 9.17) is 5.11 Å². The average Bonchev–Trinajstić information content (AvgIpc) is 2.03. The summed E-state index contributed by atoms with van der Waals surface area (Å²) in [7, 11) is 0. The number of hydrogen-bond acceptors (Lipinski definition) is 2. The van der Waals surface area contributed by atoms with Gasteiger partial charge in [-0.2, -0.15) is 0 Å². The predicted octanol–water partition coefficient (Wildman–Crippen LogP) is 1.18. The van der Waals surface area contributed by atoms with Crippen LogP contribution in [-0.2, 0) is 4.79 Å². The molecule has 0 aliphatic carbocycles. The number of aliphatic carboxylic acids is 1. The van der Waals surface area contributed by atoms with Gasteiger partial charge in [0, 0.05) is 18.2 Å². The summed E-state index contributed by atoms with van der Waals surface area (Å²) in [6.45, 7) is 7.68. The molecule has 0 aromatic carbocycles. The van der Waals surface area contributed by atoms with Crippen LogP contribution in [0.3, 0.4) is 0 Å². The van der Waals surface area contributed by atoms with Crippen molar-refractivity contribution in [3.8, 4) is 0 Å². The van der Waals surface area contributed by atoms with Crippen molar-refractivity contribution in [2.75, 3.05) is 6.54 Å². The van der Waals surface area contributed by atoms with Crippen LogP contribution in [0.4, 0.5) is 0 Å². The monoisotopic (exact) mass is 169 g/mol. The van der Waals surface area contributed by atoms with Crippen molar-refractivity contribution in [3.63, 3.8) is 0 Å². The average molecular weight is 169 g/mol. The lowest BCUT2D eigenvalue weighted by atomic mass is 10.2. The number of hydrogen-bond donors (Lipinski definition) is 2. The second kappa shape index (κ2) is 5.55. The number of carbonyl (C=O) groups is 1. The first-order valence-corrected chi connectivity index (χ1v) is 3.84. The molecule has 0 saturated carbocycles. The summed E-state index contributed by atoms with van der Waals surface area (Å²) in [4.78, 5) is 10.3. The zero-order valence-corrected chi connectivity index (χ0v) is 7.50. The highest BCUT2D eigenvalue weighted by molar-refractivity contribution is 5.85. The van der Waals surface area contributed by atoms with Gasteiger partial charge < -0.3 is 10.4 Å². The summed E-state index contributed by atoms with van der Waals surface area (Å²) in [6.07, 6.45) is 3.41. The molecule has 68 valence electrons. The smallest absolute Gasteiger partial charge is 0.330 e. The molecular weight excluding hydrogens is 154 g/mol. The second-order valence-corrected chi connectivity index (χ2v) is 2.62. The Hall–Kier alpha value is -1.09. The van der Waals surface area contributed by atoms with E-state index in [0.29, 0.717) is 12.1 Å². The van der Waals surface area contributed by atoms with E-state index >= 15 is 0 Å². The minimum atomic E-state index is -0.872. The summed E-state index contributed by atoms with van der Waals surface area (Å²) < 4.78 is 0. The van der Waals surface area contributed by atoms with E-state index in [-0.39, 0.29) is 6.04 Å². The van der Waals surface area contributed by atoms with Crippen LogP contribution in [0, 0.1) is 0 Å². The summed E-state index contributed by atoms with van der Waals surface area (Å²) in [6, 6.07) is 0.211. The van der Waals surface area contributed by atoms with Gasteiger partial charge in [-0.3, -0.25) is 0 Å². The molecule has 0 amide bonds. The fourth-order valence-corrected chi connectivity index (χ4v) is 0.569. The Bertz CT molecular complexity index is 197. The van der Waals surface area contributed by atoms with E-state index < -0.39 is 5.97 Å². The first-order chi connectivity index (χ1) is 5.57. The van der Waals surface area contributed by atoms with E-state index in [1.807, 2.05) is 6.92 Å². The third-order valence-corrected chi connectivity index (χ3v) is 1.54. The van der Waals surface area contributed by atoms with Crippen LogP contribution in [0.15, 0.2) is 24.3 Å². The van der Waals surface area contributed by atoms with Gasteiger partial charge in [-0.1, -0.05) is 12.2 Å². The Kier molecular flexibility index (Phi) is 5.04. The van der Waals surface area contributed by atoms with Crippen LogP contribution in [0.25, 0.3) is 0 Å². The van der Waals surface area contributed by atoms with Gasteiger partial charge in [-0.15, -0.1) is 6.58 Å². The molecule has 0 radical (unpaired) electrons. The zero-order valence-electron chi connectivity index (χ0n) is 7.50. The Labute approximate surface area is 72.8 Å². The van der Waals surface area contributed by atoms with E-state index in [1.165, 1.54) is 0 Å². The van der Waals surface area contributed by atoms with Crippen molar-refractivity contribution in [2.24, 2.45) is 0 Å². The van der Waals surface area contributed by atoms with Crippen molar-refractivity contribution >= 4 is 5.97 Å². The fraction of sp³-hybridized carbons (Fsp3) is 0.444. The molecule has 3 nitrogen and oxygen atoms in total. The molecule has 0 aliphatic rings. The van der Waals surface area contributed by atoms with Gasteiger partial charge >= 0.3 is 5.97 Å². The van der Waals surface area contributed by atoms with Crippen molar-refractivity contribution in [2.45, 2.75) is 19.9 Å². The van der Waals surface area contributed by atoms with Crippen LogP contribution < -0.4 is 5.32 Å². The topological polar surface area (TPSA) is 49.3 Å². The molecule has 1 atom stereocenters. The summed E-state index contributed by atoms with van der Waals surface area (Å²) >= 11 is 0. The van der Waals surface area contributed by atoms with E-state index in [9.17, 15) is 4.79 Å². The second-order valence-electron chi connectivity index (χ2n) is 2.62. The Morgan fingerprint density at radius 3 is 2.75 bits per heavy atom. The van der Waals surface area contributed by atoms with Gasteiger partial charge in [0.1, 0.15) is 0 Å². The maximum Gasteiger partial charge on any atom is 0.330 e. The largest absolute Gasteiger partial charge is 0.478 e. The molecule has 0 fully saturated rings.